The standard InChI is InChI=1S/C22H29N3O2/c1-15-12-16(2)24-21(13-15)23-10-5-11-27-19-8-6-18-7-9-22(26)25(4)17(3)20(18)14-19/h6,8,12-14,17H,5,7,9-11H2,1-4H3,(H,23,24). The molecule has 1 aromatic carbocycles. The van der Waals surface area contributed by atoms with Gasteiger partial charge in [-0.3, -0.25) is 4.79 Å². The number of fused-ring (bicyclic) bond motifs is 1. The molecule has 1 N–H and O–H groups in total. The predicted molar refractivity (Wildman–Crippen MR) is 108 cm³/mol. The fourth-order valence-corrected chi connectivity index (χ4v) is 3.53. The van der Waals surface area contributed by atoms with Crippen LogP contribution in [-0.4, -0.2) is 36.0 Å². The second kappa shape index (κ2) is 8.42. The summed E-state index contributed by atoms with van der Waals surface area (Å²) < 4.78 is 5.94. The number of nitrogens with one attached hydrogen (secondary N) is 1. The first kappa shape index (κ1) is 19.2. The third-order valence-electron chi connectivity index (χ3n) is 5.14. The first-order valence-corrected chi connectivity index (χ1v) is 9.64. The number of pyridine rings is 1. The van der Waals surface area contributed by atoms with Gasteiger partial charge in [0, 0.05) is 25.7 Å². The van der Waals surface area contributed by atoms with E-state index in [4.69, 9.17) is 4.74 Å². The quantitative estimate of drug-likeness (QED) is 0.783. The van der Waals surface area contributed by atoms with E-state index in [9.17, 15) is 4.79 Å². The number of hydrogen-bond acceptors (Lipinski definition) is 4. The Morgan fingerprint density at radius 1 is 1.22 bits per heavy atom. The lowest BCUT2D eigenvalue weighted by Crippen LogP contribution is -2.27. The zero-order valence-electron chi connectivity index (χ0n) is 16.7. The average Bonchev–Trinajstić information content (AvgIpc) is 2.73. The number of carbonyl (C=O) groups is 1. The van der Waals surface area contributed by atoms with Crippen molar-refractivity contribution in [2.75, 3.05) is 25.5 Å². The SMILES string of the molecule is Cc1cc(C)nc(NCCCOc2ccc3c(c2)C(C)N(C)C(=O)CC3)c1. The molecular formula is C22H29N3O2. The Morgan fingerprint density at radius 3 is 2.81 bits per heavy atom. The highest BCUT2D eigenvalue weighted by Crippen LogP contribution is 2.31. The summed E-state index contributed by atoms with van der Waals surface area (Å²) in [6.07, 6.45) is 2.27. The maximum atomic E-state index is 12.1. The Labute approximate surface area is 161 Å². The number of ether oxygens (including phenoxy) is 1. The molecule has 0 fully saturated rings. The van der Waals surface area contributed by atoms with Crippen molar-refractivity contribution >= 4 is 11.7 Å². The van der Waals surface area contributed by atoms with Crippen LogP contribution in [0.5, 0.6) is 5.75 Å². The first-order chi connectivity index (χ1) is 12.9. The van der Waals surface area contributed by atoms with Crippen molar-refractivity contribution in [1.82, 2.24) is 9.88 Å². The highest BCUT2D eigenvalue weighted by molar-refractivity contribution is 5.77. The van der Waals surface area contributed by atoms with Gasteiger partial charge in [-0.25, -0.2) is 4.98 Å². The smallest absolute Gasteiger partial charge is 0.223 e. The number of benzene rings is 1. The van der Waals surface area contributed by atoms with Crippen LogP contribution in [0.4, 0.5) is 5.82 Å². The summed E-state index contributed by atoms with van der Waals surface area (Å²) in [7, 11) is 1.88. The van der Waals surface area contributed by atoms with Crippen LogP contribution in [0, 0.1) is 13.8 Å². The molecule has 1 aliphatic rings. The highest BCUT2D eigenvalue weighted by Gasteiger charge is 2.24. The molecule has 144 valence electrons. The molecule has 0 spiro atoms. The molecule has 27 heavy (non-hydrogen) atoms. The van der Waals surface area contributed by atoms with Gasteiger partial charge in [0.05, 0.1) is 12.6 Å². The molecule has 3 rings (SSSR count). The molecule has 1 aromatic heterocycles. The number of amides is 1. The van der Waals surface area contributed by atoms with Gasteiger partial charge in [-0.2, -0.15) is 0 Å². The monoisotopic (exact) mass is 367 g/mol. The maximum Gasteiger partial charge on any atom is 0.223 e. The zero-order valence-corrected chi connectivity index (χ0v) is 16.7. The number of hydrogen-bond donors (Lipinski definition) is 1. The van der Waals surface area contributed by atoms with E-state index in [0.717, 1.165) is 36.6 Å². The van der Waals surface area contributed by atoms with Crippen LogP contribution in [0.2, 0.25) is 0 Å². The first-order valence-electron chi connectivity index (χ1n) is 9.64. The third kappa shape index (κ3) is 4.79. The predicted octanol–water partition coefficient (Wildman–Crippen LogP) is 4.05. The van der Waals surface area contributed by atoms with Crippen LogP contribution < -0.4 is 10.1 Å². The Bertz CT molecular complexity index is 799. The number of anilines is 1. The molecule has 0 saturated heterocycles. The van der Waals surface area contributed by atoms with Crippen molar-refractivity contribution in [1.29, 1.82) is 0 Å². The van der Waals surface area contributed by atoms with Gasteiger partial charge in [-0.15, -0.1) is 0 Å². The Kier molecular flexibility index (Phi) is 5.99. The van der Waals surface area contributed by atoms with Crippen molar-refractivity contribution in [3.8, 4) is 5.75 Å². The summed E-state index contributed by atoms with van der Waals surface area (Å²) in [5.74, 6) is 1.99. The zero-order chi connectivity index (χ0) is 19.4. The molecule has 0 bridgehead atoms. The van der Waals surface area contributed by atoms with E-state index >= 15 is 0 Å². The van der Waals surface area contributed by atoms with Crippen molar-refractivity contribution < 1.29 is 9.53 Å². The van der Waals surface area contributed by atoms with E-state index in [1.54, 1.807) is 0 Å². The molecule has 2 heterocycles. The van der Waals surface area contributed by atoms with E-state index in [-0.39, 0.29) is 11.9 Å². The van der Waals surface area contributed by atoms with Gasteiger partial charge in [-0.1, -0.05) is 6.07 Å². The Morgan fingerprint density at radius 2 is 2.04 bits per heavy atom. The van der Waals surface area contributed by atoms with Crippen LogP contribution in [0.1, 0.15) is 48.2 Å². The fraction of sp³-hybridized carbons (Fsp3) is 0.455. The van der Waals surface area contributed by atoms with Gasteiger partial charge in [0.1, 0.15) is 11.6 Å². The summed E-state index contributed by atoms with van der Waals surface area (Å²) >= 11 is 0. The Balaban J connectivity index is 1.52. The summed E-state index contributed by atoms with van der Waals surface area (Å²) in [5.41, 5.74) is 4.67. The number of carbonyl (C=O) groups excluding carboxylic acids is 1. The van der Waals surface area contributed by atoms with E-state index in [1.165, 1.54) is 16.7 Å². The van der Waals surface area contributed by atoms with Crippen LogP contribution in [-0.2, 0) is 11.2 Å². The molecule has 5 heteroatoms. The number of aromatic nitrogens is 1. The fourth-order valence-electron chi connectivity index (χ4n) is 3.53. The average molecular weight is 367 g/mol. The Hall–Kier alpha value is -2.56. The van der Waals surface area contributed by atoms with Crippen molar-refractivity contribution in [3.05, 3.63) is 52.7 Å². The van der Waals surface area contributed by atoms with Crippen LogP contribution in [0.3, 0.4) is 0 Å². The van der Waals surface area contributed by atoms with Crippen molar-refractivity contribution in [2.24, 2.45) is 0 Å². The summed E-state index contributed by atoms with van der Waals surface area (Å²) in [4.78, 5) is 18.4. The summed E-state index contributed by atoms with van der Waals surface area (Å²) in [6.45, 7) is 7.61. The maximum absolute atomic E-state index is 12.1. The molecule has 1 atom stereocenters. The van der Waals surface area contributed by atoms with Crippen molar-refractivity contribution in [2.45, 2.75) is 46.1 Å². The van der Waals surface area contributed by atoms with Gasteiger partial charge in [-0.05, 0) is 74.6 Å². The second-order valence-electron chi connectivity index (χ2n) is 7.34. The molecule has 1 unspecified atom stereocenters. The van der Waals surface area contributed by atoms with Gasteiger partial charge in [0.25, 0.3) is 0 Å². The number of rotatable bonds is 6. The molecule has 0 saturated carbocycles. The molecule has 0 radical (unpaired) electrons. The molecule has 0 aliphatic carbocycles. The highest BCUT2D eigenvalue weighted by atomic mass is 16.5. The lowest BCUT2D eigenvalue weighted by atomic mass is 9.99. The van der Waals surface area contributed by atoms with Crippen LogP contribution >= 0.6 is 0 Å². The van der Waals surface area contributed by atoms with Gasteiger partial charge < -0.3 is 15.0 Å². The number of nitrogens with zero attached hydrogens (tertiary/aromatic N) is 2. The topological polar surface area (TPSA) is 54.5 Å². The molecule has 1 amide bonds. The summed E-state index contributed by atoms with van der Waals surface area (Å²) in [6, 6.07) is 10.4. The second-order valence-corrected chi connectivity index (χ2v) is 7.34. The van der Waals surface area contributed by atoms with Crippen LogP contribution in [0.15, 0.2) is 30.3 Å². The van der Waals surface area contributed by atoms with Gasteiger partial charge >= 0.3 is 0 Å². The minimum Gasteiger partial charge on any atom is -0.494 e. The lowest BCUT2D eigenvalue weighted by molar-refractivity contribution is -0.131. The van der Waals surface area contributed by atoms with Crippen LogP contribution in [0.25, 0.3) is 0 Å². The molecule has 1 aliphatic heterocycles. The van der Waals surface area contributed by atoms with Gasteiger partial charge in [0.15, 0.2) is 0 Å². The van der Waals surface area contributed by atoms with E-state index in [2.05, 4.69) is 48.4 Å². The third-order valence-corrected chi connectivity index (χ3v) is 5.14. The largest absolute Gasteiger partial charge is 0.494 e. The van der Waals surface area contributed by atoms with E-state index in [1.807, 2.05) is 24.9 Å². The van der Waals surface area contributed by atoms with Gasteiger partial charge in [0.2, 0.25) is 5.91 Å². The number of aryl methyl sites for hydroxylation is 3. The van der Waals surface area contributed by atoms with Crippen molar-refractivity contribution in [3.63, 3.8) is 0 Å². The molecular weight excluding hydrogens is 338 g/mol. The summed E-state index contributed by atoms with van der Waals surface area (Å²) in [5, 5.41) is 3.35. The minimum absolute atomic E-state index is 0.0795. The molecule has 5 nitrogen and oxygen atoms in total. The lowest BCUT2D eigenvalue weighted by Gasteiger charge is -2.24. The van der Waals surface area contributed by atoms with E-state index in [0.29, 0.717) is 13.0 Å². The normalized spacial score (nSPS) is 16.7. The van der Waals surface area contributed by atoms with E-state index < -0.39 is 0 Å². The molecule has 2 aromatic rings. The minimum atomic E-state index is 0.0795.